The lowest BCUT2D eigenvalue weighted by Gasteiger charge is -2.10. The molecule has 0 spiro atoms. The number of ether oxygens (including phenoxy) is 3. The average Bonchev–Trinajstić information content (AvgIpc) is 3.12. The molecular formula is C21H22N2O4. The van der Waals surface area contributed by atoms with Crippen molar-refractivity contribution in [3.05, 3.63) is 65.9 Å². The number of carbonyl (C=O) groups is 1. The van der Waals surface area contributed by atoms with E-state index in [0.717, 1.165) is 11.4 Å². The molecule has 6 heteroatoms. The van der Waals surface area contributed by atoms with Crippen molar-refractivity contribution in [1.29, 1.82) is 0 Å². The quantitative estimate of drug-likeness (QED) is 0.611. The smallest absolute Gasteiger partial charge is 0.345 e. The number of aromatic nitrogens is 2. The summed E-state index contributed by atoms with van der Waals surface area (Å²) < 4.78 is 17.7. The normalized spacial score (nSPS) is 10.7. The first-order chi connectivity index (χ1) is 13.0. The van der Waals surface area contributed by atoms with Crippen molar-refractivity contribution >= 4 is 5.97 Å². The van der Waals surface area contributed by atoms with Crippen LogP contribution in [0.15, 0.2) is 54.6 Å². The molecule has 0 unspecified atom stereocenters. The molecular weight excluding hydrogens is 344 g/mol. The Hall–Kier alpha value is -3.28. The fraction of sp³-hybridized carbons (Fsp3) is 0.238. The summed E-state index contributed by atoms with van der Waals surface area (Å²) in [6, 6.07) is 16.2. The fourth-order valence-corrected chi connectivity index (χ4v) is 2.57. The van der Waals surface area contributed by atoms with Crippen LogP contribution in [0.25, 0.3) is 5.69 Å². The van der Waals surface area contributed by atoms with Gasteiger partial charge in [0.25, 0.3) is 0 Å². The van der Waals surface area contributed by atoms with E-state index in [1.54, 1.807) is 28.9 Å². The molecule has 27 heavy (non-hydrogen) atoms. The van der Waals surface area contributed by atoms with Gasteiger partial charge in [0.15, 0.2) is 0 Å². The Bertz CT molecular complexity index is 910. The molecule has 2 aromatic carbocycles. The second-order valence-corrected chi connectivity index (χ2v) is 6.30. The van der Waals surface area contributed by atoms with E-state index >= 15 is 0 Å². The summed E-state index contributed by atoms with van der Waals surface area (Å²) in [7, 11) is 3.06. The second-order valence-electron chi connectivity index (χ2n) is 6.30. The zero-order valence-electron chi connectivity index (χ0n) is 15.8. The van der Waals surface area contributed by atoms with Crippen molar-refractivity contribution in [3.63, 3.8) is 0 Å². The van der Waals surface area contributed by atoms with E-state index in [2.05, 4.69) is 5.10 Å². The van der Waals surface area contributed by atoms with Crippen LogP contribution in [0, 0.1) is 0 Å². The highest BCUT2D eigenvalue weighted by Crippen LogP contribution is 2.27. The van der Waals surface area contributed by atoms with Crippen LogP contribution in [0.3, 0.4) is 0 Å². The molecule has 140 valence electrons. The molecule has 0 atom stereocenters. The van der Waals surface area contributed by atoms with Crippen molar-refractivity contribution in [3.8, 4) is 23.1 Å². The summed E-state index contributed by atoms with van der Waals surface area (Å²) in [6.45, 7) is 4.08. The first-order valence-electron chi connectivity index (χ1n) is 8.62. The maximum absolute atomic E-state index is 12.7. The number of methoxy groups -OCH3 is 2. The molecule has 0 aliphatic rings. The number of esters is 1. The molecule has 0 N–H and O–H groups in total. The van der Waals surface area contributed by atoms with Crippen molar-refractivity contribution < 1.29 is 19.0 Å². The van der Waals surface area contributed by atoms with E-state index in [1.165, 1.54) is 14.2 Å². The van der Waals surface area contributed by atoms with Gasteiger partial charge in [-0.15, -0.1) is 0 Å². The summed E-state index contributed by atoms with van der Waals surface area (Å²) in [4.78, 5) is 12.7. The van der Waals surface area contributed by atoms with E-state index in [9.17, 15) is 4.79 Å². The highest BCUT2D eigenvalue weighted by atomic mass is 16.5. The Morgan fingerprint density at radius 1 is 0.963 bits per heavy atom. The highest BCUT2D eigenvalue weighted by molar-refractivity contribution is 5.92. The lowest BCUT2D eigenvalue weighted by atomic mass is 10.1. The fourth-order valence-electron chi connectivity index (χ4n) is 2.57. The molecule has 0 radical (unpaired) electrons. The first-order valence-corrected chi connectivity index (χ1v) is 8.62. The first kappa shape index (κ1) is 18.5. The van der Waals surface area contributed by atoms with Gasteiger partial charge in [-0.1, -0.05) is 32.0 Å². The van der Waals surface area contributed by atoms with Crippen LogP contribution >= 0.6 is 0 Å². The lowest BCUT2D eigenvalue weighted by molar-refractivity contribution is 0.0722. The average molecular weight is 366 g/mol. The topological polar surface area (TPSA) is 62.6 Å². The van der Waals surface area contributed by atoms with E-state index in [4.69, 9.17) is 14.2 Å². The maximum atomic E-state index is 12.7. The number of carbonyl (C=O) groups excluding carboxylic acids is 1. The van der Waals surface area contributed by atoms with Gasteiger partial charge in [-0.3, -0.25) is 0 Å². The van der Waals surface area contributed by atoms with Gasteiger partial charge < -0.3 is 14.2 Å². The predicted molar refractivity (Wildman–Crippen MR) is 102 cm³/mol. The zero-order chi connectivity index (χ0) is 19.4. The van der Waals surface area contributed by atoms with Gasteiger partial charge in [-0.05, 0) is 30.2 Å². The Kier molecular flexibility index (Phi) is 5.45. The van der Waals surface area contributed by atoms with Gasteiger partial charge in [0, 0.05) is 12.1 Å². The lowest BCUT2D eigenvalue weighted by Crippen LogP contribution is -2.12. The van der Waals surface area contributed by atoms with Gasteiger partial charge in [0.05, 0.1) is 31.2 Å². The molecule has 0 aliphatic carbocycles. The van der Waals surface area contributed by atoms with E-state index < -0.39 is 5.97 Å². The largest absolute Gasteiger partial charge is 0.497 e. The Morgan fingerprint density at radius 3 is 2.15 bits per heavy atom. The van der Waals surface area contributed by atoms with Crippen LogP contribution in [0.5, 0.6) is 17.4 Å². The third kappa shape index (κ3) is 4.11. The molecule has 6 nitrogen and oxygen atoms in total. The van der Waals surface area contributed by atoms with E-state index in [0.29, 0.717) is 22.9 Å². The monoisotopic (exact) mass is 366 g/mol. The second kappa shape index (κ2) is 7.95. The summed E-state index contributed by atoms with van der Waals surface area (Å²) in [5.74, 6) is 1.07. The molecule has 0 bridgehead atoms. The highest BCUT2D eigenvalue weighted by Gasteiger charge is 2.18. The number of hydrogen-bond acceptors (Lipinski definition) is 5. The van der Waals surface area contributed by atoms with Crippen molar-refractivity contribution in [1.82, 2.24) is 9.78 Å². The van der Waals surface area contributed by atoms with Gasteiger partial charge in [-0.25, -0.2) is 9.48 Å². The van der Waals surface area contributed by atoms with Crippen molar-refractivity contribution in [2.24, 2.45) is 0 Å². The molecule has 1 heterocycles. The van der Waals surface area contributed by atoms with Crippen LogP contribution in [-0.2, 0) is 0 Å². The van der Waals surface area contributed by atoms with Crippen LogP contribution in [0.1, 0.15) is 35.8 Å². The summed E-state index contributed by atoms with van der Waals surface area (Å²) >= 11 is 0. The minimum absolute atomic E-state index is 0.198. The standard InChI is InChI=1S/C21H22N2O4/c1-14(2)19-13-20(23(22-19)16-8-6-5-7-9-16)27-21(24)15-10-17(25-3)12-18(11-15)26-4/h5-14H,1-4H3. The molecule has 0 aliphatic heterocycles. The molecule has 0 saturated carbocycles. The zero-order valence-corrected chi connectivity index (χ0v) is 15.8. The van der Waals surface area contributed by atoms with Gasteiger partial charge in [0.2, 0.25) is 5.88 Å². The number of para-hydroxylation sites is 1. The number of nitrogens with zero attached hydrogens (tertiary/aromatic N) is 2. The minimum Gasteiger partial charge on any atom is -0.497 e. The maximum Gasteiger partial charge on any atom is 0.345 e. The summed E-state index contributed by atoms with van der Waals surface area (Å²) in [6.07, 6.45) is 0. The van der Waals surface area contributed by atoms with Crippen LogP contribution in [0.2, 0.25) is 0 Å². The summed E-state index contributed by atoms with van der Waals surface area (Å²) in [5, 5.41) is 4.58. The number of benzene rings is 2. The van der Waals surface area contributed by atoms with Gasteiger partial charge in [0.1, 0.15) is 11.5 Å². The molecule has 3 rings (SSSR count). The molecule has 0 amide bonds. The van der Waals surface area contributed by atoms with E-state index in [1.807, 2.05) is 44.2 Å². The van der Waals surface area contributed by atoms with E-state index in [-0.39, 0.29) is 5.92 Å². The molecule has 3 aromatic rings. The van der Waals surface area contributed by atoms with Gasteiger partial charge >= 0.3 is 5.97 Å². The van der Waals surface area contributed by atoms with Crippen molar-refractivity contribution in [2.75, 3.05) is 14.2 Å². The number of rotatable bonds is 6. The summed E-state index contributed by atoms with van der Waals surface area (Å²) in [5.41, 5.74) is 1.98. The third-order valence-electron chi connectivity index (χ3n) is 4.07. The molecule has 0 saturated heterocycles. The van der Waals surface area contributed by atoms with Crippen LogP contribution in [0.4, 0.5) is 0 Å². The molecule has 0 fully saturated rings. The molecule has 1 aromatic heterocycles. The predicted octanol–water partition coefficient (Wildman–Crippen LogP) is 4.23. The minimum atomic E-state index is -0.514. The third-order valence-corrected chi connectivity index (χ3v) is 4.07. The number of hydrogen-bond donors (Lipinski definition) is 0. The van der Waals surface area contributed by atoms with Crippen LogP contribution < -0.4 is 14.2 Å². The van der Waals surface area contributed by atoms with Crippen LogP contribution in [-0.4, -0.2) is 30.0 Å². The Balaban J connectivity index is 1.96. The Labute approximate surface area is 158 Å². The SMILES string of the molecule is COc1cc(OC)cc(C(=O)Oc2cc(C(C)C)nn2-c2ccccc2)c1. The Morgan fingerprint density at radius 2 is 1.59 bits per heavy atom. The van der Waals surface area contributed by atoms with Gasteiger partial charge in [-0.2, -0.15) is 5.10 Å². The van der Waals surface area contributed by atoms with Crippen molar-refractivity contribution in [2.45, 2.75) is 19.8 Å².